The zero-order valence-corrected chi connectivity index (χ0v) is 11.6. The molecule has 0 saturated heterocycles. The van der Waals surface area contributed by atoms with E-state index in [2.05, 4.69) is 20.5 Å². The lowest BCUT2D eigenvalue weighted by molar-refractivity contribution is 0.0997. The van der Waals surface area contributed by atoms with Gasteiger partial charge in [0.15, 0.2) is 0 Å². The third-order valence-electron chi connectivity index (χ3n) is 2.93. The van der Waals surface area contributed by atoms with E-state index in [-0.39, 0.29) is 0 Å². The van der Waals surface area contributed by atoms with Gasteiger partial charge < -0.3 is 5.73 Å². The van der Waals surface area contributed by atoms with Crippen molar-refractivity contribution in [3.8, 4) is 0 Å². The Bertz CT molecular complexity index is 748. The molecule has 0 aliphatic carbocycles. The highest BCUT2D eigenvalue weighted by Gasteiger charge is 2.17. The third-order valence-corrected chi connectivity index (χ3v) is 3.93. The van der Waals surface area contributed by atoms with Crippen molar-refractivity contribution in [2.24, 2.45) is 21.2 Å². The second kappa shape index (κ2) is 5.04. The molecular weight excluding hydrogens is 276 g/mol. The van der Waals surface area contributed by atoms with Crippen molar-refractivity contribution in [1.29, 1.82) is 0 Å². The van der Waals surface area contributed by atoms with Gasteiger partial charge >= 0.3 is 0 Å². The molecule has 2 aromatic rings. The van der Waals surface area contributed by atoms with Gasteiger partial charge in [0.25, 0.3) is 5.91 Å². The van der Waals surface area contributed by atoms with Crippen molar-refractivity contribution in [3.05, 3.63) is 29.6 Å². The minimum atomic E-state index is -0.470. The van der Waals surface area contributed by atoms with E-state index in [0.717, 1.165) is 27.4 Å². The molecule has 0 radical (unpaired) electrons. The number of nitrogens with zero attached hydrogens (tertiary/aromatic N) is 5. The zero-order valence-electron chi connectivity index (χ0n) is 10.8. The van der Waals surface area contributed by atoms with Gasteiger partial charge in [0.1, 0.15) is 6.54 Å². The maximum absolute atomic E-state index is 11.5. The molecule has 20 heavy (non-hydrogen) atoms. The van der Waals surface area contributed by atoms with Gasteiger partial charge in [-0.15, -0.1) is 16.9 Å². The van der Waals surface area contributed by atoms with Gasteiger partial charge in [-0.1, -0.05) is 6.92 Å². The molecule has 1 aliphatic heterocycles. The number of rotatable bonds is 4. The summed E-state index contributed by atoms with van der Waals surface area (Å²) in [6.07, 6.45) is 3.36. The first-order valence-corrected chi connectivity index (χ1v) is 7.07. The van der Waals surface area contributed by atoms with E-state index in [4.69, 9.17) is 5.73 Å². The van der Waals surface area contributed by atoms with Gasteiger partial charge in [-0.3, -0.25) is 4.79 Å². The normalized spacial score (nSPS) is 13.9. The molecule has 0 saturated carbocycles. The van der Waals surface area contributed by atoms with Crippen LogP contribution in [0.3, 0.4) is 0 Å². The summed E-state index contributed by atoms with van der Waals surface area (Å²) in [7, 11) is 0. The maximum atomic E-state index is 11.5. The Labute approximate surface area is 118 Å². The molecule has 3 rings (SSSR count). The zero-order chi connectivity index (χ0) is 14.1. The quantitative estimate of drug-likeness (QED) is 0.867. The van der Waals surface area contributed by atoms with Crippen LogP contribution in [-0.4, -0.2) is 33.5 Å². The second-order valence-corrected chi connectivity index (χ2v) is 5.45. The van der Waals surface area contributed by atoms with E-state index < -0.39 is 5.91 Å². The summed E-state index contributed by atoms with van der Waals surface area (Å²) in [4.78, 5) is 12.4. The number of carbonyl (C=O) groups is 1. The maximum Gasteiger partial charge on any atom is 0.251 e. The van der Waals surface area contributed by atoms with Crippen LogP contribution >= 0.6 is 11.8 Å². The van der Waals surface area contributed by atoms with E-state index in [9.17, 15) is 4.79 Å². The van der Waals surface area contributed by atoms with Gasteiger partial charge in [0, 0.05) is 16.7 Å². The molecule has 0 bridgehead atoms. The highest BCUT2D eigenvalue weighted by Crippen LogP contribution is 2.28. The second-order valence-electron chi connectivity index (χ2n) is 4.18. The van der Waals surface area contributed by atoms with E-state index >= 15 is 0 Å². The van der Waals surface area contributed by atoms with Crippen molar-refractivity contribution in [3.63, 3.8) is 0 Å². The molecule has 0 unspecified atom stereocenters. The summed E-state index contributed by atoms with van der Waals surface area (Å²) >= 11 is 1.57. The van der Waals surface area contributed by atoms with Crippen molar-refractivity contribution < 1.29 is 4.79 Å². The topological polar surface area (TPSA) is 97.5 Å². The summed E-state index contributed by atoms with van der Waals surface area (Å²) in [6, 6.07) is 1.94. The predicted octanol–water partition coefficient (Wildman–Crippen LogP) is 1.72. The molecule has 0 aromatic carbocycles. The number of nitrogens with two attached hydrogens (primary N) is 1. The summed E-state index contributed by atoms with van der Waals surface area (Å²) in [5.41, 5.74) is 8.40. The average Bonchev–Trinajstić information content (AvgIpc) is 3.07. The number of carbonyl (C=O) groups excluding carboxylic acids is 1. The van der Waals surface area contributed by atoms with Crippen molar-refractivity contribution >= 4 is 28.9 Å². The number of thioether (sulfide) groups is 1. The van der Waals surface area contributed by atoms with Crippen LogP contribution in [0.25, 0.3) is 5.52 Å². The summed E-state index contributed by atoms with van der Waals surface area (Å²) < 4.78 is 1.72. The van der Waals surface area contributed by atoms with E-state index in [1.807, 2.05) is 19.2 Å². The Balaban J connectivity index is 2.17. The Hall–Kier alpha value is -2.22. The fourth-order valence-electron chi connectivity index (χ4n) is 2.03. The molecule has 2 N–H and O–H groups in total. The lowest BCUT2D eigenvalue weighted by Crippen LogP contribution is -2.14. The molecule has 2 aromatic heterocycles. The van der Waals surface area contributed by atoms with Crippen LogP contribution in [-0.2, 0) is 0 Å². The first kappa shape index (κ1) is 12.8. The fourth-order valence-corrected chi connectivity index (χ4v) is 2.93. The standard InChI is InChI=1S/C12H12N6OS/c1-2-20-11-8(12(13)19)4-15-18-6-7(3-10(11)18)9-5-14-17-16-9/h3-4,6H,2,5H2,1H3,(H2,13,19). The molecule has 8 heteroatoms. The van der Waals surface area contributed by atoms with Crippen LogP contribution in [0.15, 0.2) is 38.8 Å². The molecule has 1 amide bonds. The smallest absolute Gasteiger partial charge is 0.251 e. The summed E-state index contributed by atoms with van der Waals surface area (Å²) in [5.74, 6) is 0.369. The van der Waals surface area contributed by atoms with Crippen LogP contribution in [0.2, 0.25) is 0 Å². The highest BCUT2D eigenvalue weighted by molar-refractivity contribution is 7.99. The SMILES string of the molecule is CCSc1c(C(N)=O)cnn2cc(C3=NN=NC3)cc12. The Morgan fingerprint density at radius 2 is 2.40 bits per heavy atom. The van der Waals surface area contributed by atoms with E-state index in [0.29, 0.717) is 12.1 Å². The Morgan fingerprint density at radius 3 is 3.05 bits per heavy atom. The number of primary amides is 1. The highest BCUT2D eigenvalue weighted by atomic mass is 32.2. The number of fused-ring (bicyclic) bond motifs is 1. The van der Waals surface area contributed by atoms with Crippen molar-refractivity contribution in [2.75, 3.05) is 12.3 Å². The minimum absolute atomic E-state index is 0.441. The molecule has 1 aliphatic rings. The van der Waals surface area contributed by atoms with E-state index in [1.165, 1.54) is 6.20 Å². The lowest BCUT2D eigenvalue weighted by atomic mass is 10.2. The first-order valence-electron chi connectivity index (χ1n) is 6.08. The molecular formula is C12H12N6OS. The number of amides is 1. The molecule has 0 fully saturated rings. The fraction of sp³-hybridized carbons (Fsp3) is 0.250. The van der Waals surface area contributed by atoms with Crippen LogP contribution in [0.1, 0.15) is 22.8 Å². The third kappa shape index (κ3) is 2.07. The molecule has 0 spiro atoms. The van der Waals surface area contributed by atoms with Gasteiger partial charge in [-0.05, 0) is 17.0 Å². The number of hydrogen-bond acceptors (Lipinski definition) is 6. The Morgan fingerprint density at radius 1 is 1.55 bits per heavy atom. The summed E-state index contributed by atoms with van der Waals surface area (Å²) in [5, 5.41) is 15.6. The molecule has 102 valence electrons. The number of aromatic nitrogens is 2. The van der Waals surface area contributed by atoms with Crippen LogP contribution in [0.5, 0.6) is 0 Å². The van der Waals surface area contributed by atoms with Crippen molar-refractivity contribution in [2.45, 2.75) is 11.8 Å². The minimum Gasteiger partial charge on any atom is -0.366 e. The van der Waals surface area contributed by atoms with Gasteiger partial charge in [0.2, 0.25) is 0 Å². The monoisotopic (exact) mass is 288 g/mol. The first-order chi connectivity index (χ1) is 9.70. The lowest BCUT2D eigenvalue weighted by Gasteiger charge is -2.06. The average molecular weight is 288 g/mol. The predicted molar refractivity (Wildman–Crippen MR) is 76.4 cm³/mol. The van der Waals surface area contributed by atoms with Crippen molar-refractivity contribution in [1.82, 2.24) is 9.61 Å². The van der Waals surface area contributed by atoms with Crippen LogP contribution in [0, 0.1) is 0 Å². The van der Waals surface area contributed by atoms with Gasteiger partial charge in [-0.2, -0.15) is 10.2 Å². The molecule has 7 nitrogen and oxygen atoms in total. The summed E-state index contributed by atoms with van der Waals surface area (Å²) in [6.45, 7) is 2.49. The largest absolute Gasteiger partial charge is 0.366 e. The Kier molecular flexibility index (Phi) is 3.23. The van der Waals surface area contributed by atoms with Crippen LogP contribution < -0.4 is 5.73 Å². The number of hydrogen-bond donors (Lipinski definition) is 1. The molecule has 0 atom stereocenters. The van der Waals surface area contributed by atoms with Crippen LogP contribution in [0.4, 0.5) is 0 Å². The molecule has 3 heterocycles. The van der Waals surface area contributed by atoms with Gasteiger partial charge in [-0.25, -0.2) is 4.52 Å². The van der Waals surface area contributed by atoms with Gasteiger partial charge in [0.05, 0.1) is 23.0 Å². The van der Waals surface area contributed by atoms with E-state index in [1.54, 1.807) is 16.3 Å².